The van der Waals surface area contributed by atoms with Gasteiger partial charge < -0.3 is 15.2 Å². The van der Waals surface area contributed by atoms with E-state index in [1.54, 1.807) is 0 Å². The highest BCUT2D eigenvalue weighted by molar-refractivity contribution is 6.32. The molecule has 0 bridgehead atoms. The highest BCUT2D eigenvalue weighted by atomic mass is 35.5. The molecule has 116 valence electrons. The van der Waals surface area contributed by atoms with Gasteiger partial charge in [-0.25, -0.2) is 0 Å². The van der Waals surface area contributed by atoms with Gasteiger partial charge in [0.1, 0.15) is 11.9 Å². The molecule has 2 fully saturated rings. The average molecular weight is 310 g/mol. The van der Waals surface area contributed by atoms with Crippen molar-refractivity contribution in [1.29, 1.82) is 0 Å². The topological polar surface area (TPSA) is 44.5 Å². The number of ether oxygens (including phenoxy) is 2. The Balaban J connectivity index is 1.68. The van der Waals surface area contributed by atoms with Gasteiger partial charge in [0, 0.05) is 18.9 Å². The Morgan fingerprint density at radius 3 is 2.81 bits per heavy atom. The van der Waals surface area contributed by atoms with Gasteiger partial charge in [0.05, 0.1) is 17.2 Å². The van der Waals surface area contributed by atoms with E-state index in [1.807, 2.05) is 25.1 Å². The number of halogens is 1. The molecule has 1 spiro atoms. The molecule has 3 rings (SSSR count). The van der Waals surface area contributed by atoms with E-state index in [-0.39, 0.29) is 17.7 Å². The van der Waals surface area contributed by atoms with Crippen LogP contribution in [0, 0.1) is 0 Å². The molecule has 2 unspecified atom stereocenters. The summed E-state index contributed by atoms with van der Waals surface area (Å²) < 4.78 is 12.2. The Kier molecular flexibility index (Phi) is 4.43. The molecule has 0 amide bonds. The molecule has 3 nitrogen and oxygen atoms in total. The van der Waals surface area contributed by atoms with Gasteiger partial charge in [-0.2, -0.15) is 0 Å². The molecule has 1 aliphatic heterocycles. The molecule has 1 saturated heterocycles. The lowest BCUT2D eigenvalue weighted by Gasteiger charge is -2.38. The highest BCUT2D eigenvalue weighted by Crippen LogP contribution is 2.41. The lowest BCUT2D eigenvalue weighted by molar-refractivity contribution is -0.108. The van der Waals surface area contributed by atoms with Crippen LogP contribution in [-0.4, -0.2) is 18.3 Å². The highest BCUT2D eigenvalue weighted by Gasteiger charge is 2.40. The summed E-state index contributed by atoms with van der Waals surface area (Å²) in [6, 6.07) is 5.84. The standard InChI is InChI=1S/C17H24ClNO2/c1-12(19)13-4-5-16(15(18)10-13)21-14-6-9-20-17(11-14)7-2-3-8-17/h4-5,10,12,14H,2-3,6-9,11,19H2,1H3. The molecule has 1 aliphatic carbocycles. The first-order valence-corrected chi connectivity index (χ1v) is 8.31. The Bertz CT molecular complexity index is 498. The van der Waals surface area contributed by atoms with Gasteiger partial charge in [-0.1, -0.05) is 30.5 Å². The molecule has 4 heteroatoms. The van der Waals surface area contributed by atoms with E-state index < -0.39 is 0 Å². The third-order valence-corrected chi connectivity index (χ3v) is 5.03. The summed E-state index contributed by atoms with van der Waals surface area (Å²) in [4.78, 5) is 0. The number of benzene rings is 1. The Labute approximate surface area is 131 Å². The fourth-order valence-electron chi connectivity index (χ4n) is 3.53. The third-order valence-electron chi connectivity index (χ3n) is 4.74. The molecular formula is C17H24ClNO2. The summed E-state index contributed by atoms with van der Waals surface area (Å²) in [6.07, 6.45) is 7.02. The van der Waals surface area contributed by atoms with E-state index >= 15 is 0 Å². The van der Waals surface area contributed by atoms with Crippen molar-refractivity contribution in [2.24, 2.45) is 5.73 Å². The van der Waals surface area contributed by atoms with E-state index in [0.29, 0.717) is 5.02 Å². The Hall–Kier alpha value is -0.770. The van der Waals surface area contributed by atoms with E-state index in [4.69, 9.17) is 26.8 Å². The minimum Gasteiger partial charge on any atom is -0.489 e. The van der Waals surface area contributed by atoms with Gasteiger partial charge in [-0.15, -0.1) is 0 Å². The van der Waals surface area contributed by atoms with Crippen molar-refractivity contribution in [2.75, 3.05) is 6.61 Å². The van der Waals surface area contributed by atoms with Crippen molar-refractivity contribution in [2.45, 2.75) is 63.2 Å². The molecule has 21 heavy (non-hydrogen) atoms. The molecule has 1 heterocycles. The molecule has 1 aromatic carbocycles. The summed E-state index contributed by atoms with van der Waals surface area (Å²) in [6.45, 7) is 2.74. The van der Waals surface area contributed by atoms with Crippen LogP contribution in [0.2, 0.25) is 5.02 Å². The number of rotatable bonds is 3. The average Bonchev–Trinajstić information content (AvgIpc) is 2.89. The minimum atomic E-state index is -0.0126. The Morgan fingerprint density at radius 2 is 2.14 bits per heavy atom. The summed E-state index contributed by atoms with van der Waals surface area (Å²) in [5.41, 5.74) is 6.98. The predicted octanol–water partition coefficient (Wildman–Crippen LogP) is 4.23. The van der Waals surface area contributed by atoms with Crippen LogP contribution in [0.3, 0.4) is 0 Å². The van der Waals surface area contributed by atoms with Gasteiger partial charge in [-0.3, -0.25) is 0 Å². The van der Waals surface area contributed by atoms with Gasteiger partial charge >= 0.3 is 0 Å². The van der Waals surface area contributed by atoms with Crippen LogP contribution in [0.25, 0.3) is 0 Å². The first-order chi connectivity index (χ1) is 10.1. The lowest BCUT2D eigenvalue weighted by atomic mass is 9.90. The van der Waals surface area contributed by atoms with Crippen LogP contribution < -0.4 is 10.5 Å². The summed E-state index contributed by atoms with van der Waals surface area (Å²) in [5, 5.41) is 0.650. The largest absolute Gasteiger partial charge is 0.489 e. The maximum atomic E-state index is 6.33. The fraction of sp³-hybridized carbons (Fsp3) is 0.647. The van der Waals surface area contributed by atoms with Gasteiger partial charge in [0.15, 0.2) is 0 Å². The van der Waals surface area contributed by atoms with Crippen molar-refractivity contribution in [3.63, 3.8) is 0 Å². The normalized spacial score (nSPS) is 26.0. The van der Waals surface area contributed by atoms with Gasteiger partial charge in [0.2, 0.25) is 0 Å². The van der Waals surface area contributed by atoms with Crippen LogP contribution in [0.5, 0.6) is 5.75 Å². The van der Waals surface area contributed by atoms with Crippen molar-refractivity contribution in [1.82, 2.24) is 0 Å². The smallest absolute Gasteiger partial charge is 0.138 e. The molecule has 2 atom stereocenters. The molecule has 0 aromatic heterocycles. The number of hydrogen-bond donors (Lipinski definition) is 1. The molecule has 2 aliphatic rings. The second-order valence-corrected chi connectivity index (χ2v) is 6.86. The quantitative estimate of drug-likeness (QED) is 0.908. The fourth-order valence-corrected chi connectivity index (χ4v) is 3.76. The SMILES string of the molecule is CC(N)c1ccc(OC2CCOC3(CCCC3)C2)c(Cl)c1. The predicted molar refractivity (Wildman–Crippen MR) is 84.9 cm³/mol. The second kappa shape index (κ2) is 6.15. The monoisotopic (exact) mass is 309 g/mol. The molecule has 1 aromatic rings. The maximum Gasteiger partial charge on any atom is 0.138 e. The Morgan fingerprint density at radius 1 is 1.38 bits per heavy atom. The zero-order valence-corrected chi connectivity index (χ0v) is 13.4. The number of nitrogens with two attached hydrogens (primary N) is 1. The lowest BCUT2D eigenvalue weighted by Crippen LogP contribution is -2.41. The molecular weight excluding hydrogens is 286 g/mol. The summed E-state index contributed by atoms with van der Waals surface area (Å²) in [7, 11) is 0. The van der Waals surface area contributed by atoms with E-state index in [0.717, 1.165) is 30.8 Å². The minimum absolute atomic E-state index is 0.0126. The maximum absolute atomic E-state index is 6.33. The number of hydrogen-bond acceptors (Lipinski definition) is 3. The van der Waals surface area contributed by atoms with Crippen molar-refractivity contribution < 1.29 is 9.47 Å². The van der Waals surface area contributed by atoms with Crippen LogP contribution in [0.1, 0.15) is 57.1 Å². The molecule has 2 N–H and O–H groups in total. The second-order valence-electron chi connectivity index (χ2n) is 6.45. The van der Waals surface area contributed by atoms with Crippen LogP contribution >= 0.6 is 11.6 Å². The third kappa shape index (κ3) is 3.36. The van der Waals surface area contributed by atoms with Crippen LogP contribution in [0.4, 0.5) is 0 Å². The van der Waals surface area contributed by atoms with E-state index in [1.165, 1.54) is 25.7 Å². The molecule has 1 saturated carbocycles. The zero-order valence-electron chi connectivity index (χ0n) is 12.6. The van der Waals surface area contributed by atoms with Gasteiger partial charge in [-0.05, 0) is 37.5 Å². The van der Waals surface area contributed by atoms with Crippen molar-refractivity contribution in [3.05, 3.63) is 28.8 Å². The zero-order chi connectivity index (χ0) is 14.9. The first kappa shape index (κ1) is 15.1. The summed E-state index contributed by atoms with van der Waals surface area (Å²) in [5.74, 6) is 0.765. The van der Waals surface area contributed by atoms with Gasteiger partial charge in [0.25, 0.3) is 0 Å². The van der Waals surface area contributed by atoms with Crippen molar-refractivity contribution in [3.8, 4) is 5.75 Å². The summed E-state index contributed by atoms with van der Waals surface area (Å²) >= 11 is 6.33. The van der Waals surface area contributed by atoms with Crippen LogP contribution in [-0.2, 0) is 4.74 Å². The van der Waals surface area contributed by atoms with Crippen LogP contribution in [0.15, 0.2) is 18.2 Å². The first-order valence-electron chi connectivity index (χ1n) is 7.94. The van der Waals surface area contributed by atoms with Crippen molar-refractivity contribution >= 4 is 11.6 Å². The van der Waals surface area contributed by atoms with E-state index in [9.17, 15) is 0 Å². The van der Waals surface area contributed by atoms with E-state index in [2.05, 4.69) is 0 Å². The molecule has 0 radical (unpaired) electrons.